The van der Waals surface area contributed by atoms with Crippen molar-refractivity contribution in [2.24, 2.45) is 5.92 Å². The summed E-state index contributed by atoms with van der Waals surface area (Å²) in [5.74, 6) is -0.0832. The number of ether oxygens (including phenoxy) is 1. The molecule has 1 N–H and O–H groups in total. The maximum absolute atomic E-state index is 12.2. The van der Waals surface area contributed by atoms with Gasteiger partial charge in [-0.3, -0.25) is 4.18 Å². The molecule has 0 heterocycles. The Morgan fingerprint density at radius 2 is 1.84 bits per heavy atom. The Morgan fingerprint density at radius 1 is 1.20 bits per heavy atom. The van der Waals surface area contributed by atoms with Gasteiger partial charge in [0.2, 0.25) is 0 Å². The second-order valence-corrected chi connectivity index (χ2v) is 8.80. The van der Waals surface area contributed by atoms with Crippen LogP contribution in [0.4, 0.5) is 4.79 Å². The van der Waals surface area contributed by atoms with Crippen LogP contribution in [0.15, 0.2) is 41.3 Å². The van der Waals surface area contributed by atoms with E-state index in [2.05, 4.69) is 5.32 Å². The summed E-state index contributed by atoms with van der Waals surface area (Å²) < 4.78 is 34.7. The van der Waals surface area contributed by atoms with Crippen LogP contribution in [0.1, 0.15) is 32.8 Å². The summed E-state index contributed by atoms with van der Waals surface area (Å²) in [6, 6.07) is 6.33. The van der Waals surface area contributed by atoms with Gasteiger partial charge in [-0.2, -0.15) is 8.42 Å². The molecule has 0 unspecified atom stereocenters. The zero-order valence-electron chi connectivity index (χ0n) is 15.0. The molecule has 1 aliphatic carbocycles. The van der Waals surface area contributed by atoms with Crippen molar-refractivity contribution in [1.82, 2.24) is 5.32 Å². The minimum absolute atomic E-state index is 0.0409. The molecule has 6 nitrogen and oxygen atoms in total. The van der Waals surface area contributed by atoms with Crippen molar-refractivity contribution in [3.05, 3.63) is 42.0 Å². The number of carbonyl (C=O) groups is 1. The van der Waals surface area contributed by atoms with Gasteiger partial charge >= 0.3 is 6.09 Å². The van der Waals surface area contributed by atoms with E-state index in [1.165, 1.54) is 12.1 Å². The third-order valence-corrected chi connectivity index (χ3v) is 4.92. The van der Waals surface area contributed by atoms with Crippen LogP contribution in [0.25, 0.3) is 0 Å². The number of hydrogen-bond acceptors (Lipinski definition) is 5. The van der Waals surface area contributed by atoms with Crippen LogP contribution in [0.5, 0.6) is 0 Å². The van der Waals surface area contributed by atoms with E-state index in [0.717, 1.165) is 5.56 Å². The number of carbonyl (C=O) groups excluding carboxylic acids is 1. The van der Waals surface area contributed by atoms with Gasteiger partial charge in [0.05, 0.1) is 17.5 Å². The number of aryl methyl sites for hydroxylation is 1. The summed E-state index contributed by atoms with van der Waals surface area (Å²) in [5, 5.41) is 2.75. The van der Waals surface area contributed by atoms with Crippen LogP contribution >= 0.6 is 0 Å². The van der Waals surface area contributed by atoms with Gasteiger partial charge in [0.15, 0.2) is 0 Å². The predicted molar refractivity (Wildman–Crippen MR) is 94.7 cm³/mol. The molecule has 7 heteroatoms. The van der Waals surface area contributed by atoms with E-state index in [1.54, 1.807) is 32.9 Å². The van der Waals surface area contributed by atoms with Crippen molar-refractivity contribution in [1.29, 1.82) is 0 Å². The van der Waals surface area contributed by atoms with E-state index < -0.39 is 21.8 Å². The third kappa shape index (κ3) is 6.17. The Morgan fingerprint density at radius 3 is 2.44 bits per heavy atom. The van der Waals surface area contributed by atoms with Crippen molar-refractivity contribution >= 4 is 16.2 Å². The minimum atomic E-state index is -3.77. The quantitative estimate of drug-likeness (QED) is 0.638. The third-order valence-electron chi connectivity index (χ3n) is 3.62. The number of nitrogens with one attached hydrogen (secondary N) is 1. The Bertz CT molecular complexity index is 732. The van der Waals surface area contributed by atoms with Gasteiger partial charge in [0.25, 0.3) is 10.1 Å². The van der Waals surface area contributed by atoms with Crippen LogP contribution in [0.3, 0.4) is 0 Å². The summed E-state index contributed by atoms with van der Waals surface area (Å²) in [5.41, 5.74) is 0.422. The molecule has 2 atom stereocenters. The van der Waals surface area contributed by atoms with Crippen molar-refractivity contribution in [3.8, 4) is 0 Å². The summed E-state index contributed by atoms with van der Waals surface area (Å²) in [7, 11) is -3.77. The highest BCUT2D eigenvalue weighted by Crippen LogP contribution is 2.21. The van der Waals surface area contributed by atoms with Gasteiger partial charge < -0.3 is 10.1 Å². The molecular formula is C18H25NO5S. The summed E-state index contributed by atoms with van der Waals surface area (Å²) in [4.78, 5) is 11.9. The average molecular weight is 367 g/mol. The molecule has 0 bridgehead atoms. The number of hydrogen-bond donors (Lipinski definition) is 1. The fraction of sp³-hybridized carbons (Fsp3) is 0.500. The molecule has 1 amide bonds. The first kappa shape index (κ1) is 19.5. The number of amides is 1. The van der Waals surface area contributed by atoms with Crippen molar-refractivity contribution in [2.45, 2.75) is 50.7 Å². The highest BCUT2D eigenvalue weighted by molar-refractivity contribution is 7.86. The van der Waals surface area contributed by atoms with Gasteiger partial charge in [0.1, 0.15) is 5.60 Å². The van der Waals surface area contributed by atoms with Crippen LogP contribution in [-0.2, 0) is 19.0 Å². The van der Waals surface area contributed by atoms with Crippen LogP contribution in [0, 0.1) is 12.8 Å². The molecule has 1 aliphatic rings. The molecule has 0 fully saturated rings. The van der Waals surface area contributed by atoms with Gasteiger partial charge in [-0.15, -0.1) is 0 Å². The first-order valence-corrected chi connectivity index (χ1v) is 9.60. The molecule has 0 saturated heterocycles. The molecule has 0 saturated carbocycles. The fourth-order valence-electron chi connectivity index (χ4n) is 2.41. The lowest BCUT2D eigenvalue weighted by atomic mass is 10.1. The summed E-state index contributed by atoms with van der Waals surface area (Å²) in [6.07, 6.45) is 3.77. The van der Waals surface area contributed by atoms with E-state index in [-0.39, 0.29) is 23.5 Å². The van der Waals surface area contributed by atoms with Crippen LogP contribution < -0.4 is 5.32 Å². The van der Waals surface area contributed by atoms with E-state index in [0.29, 0.717) is 6.42 Å². The van der Waals surface area contributed by atoms with Gasteiger partial charge in [-0.1, -0.05) is 29.8 Å². The SMILES string of the molecule is Cc1ccc(S(=O)(=O)OC[C@H]2C=C[C@@H](NC(=O)OC(C)(C)C)C2)cc1. The molecule has 25 heavy (non-hydrogen) atoms. The van der Waals surface area contributed by atoms with E-state index in [9.17, 15) is 13.2 Å². The topological polar surface area (TPSA) is 81.7 Å². The summed E-state index contributed by atoms with van der Waals surface area (Å²) in [6.45, 7) is 7.31. The molecule has 0 spiro atoms. The highest BCUT2D eigenvalue weighted by Gasteiger charge is 2.25. The van der Waals surface area contributed by atoms with Gasteiger partial charge in [-0.05, 0) is 46.2 Å². The zero-order chi connectivity index (χ0) is 18.7. The van der Waals surface area contributed by atoms with E-state index >= 15 is 0 Å². The maximum atomic E-state index is 12.2. The lowest BCUT2D eigenvalue weighted by Crippen LogP contribution is -2.37. The first-order valence-electron chi connectivity index (χ1n) is 8.19. The average Bonchev–Trinajstić information content (AvgIpc) is 2.91. The normalized spacial score (nSPS) is 20.5. The van der Waals surface area contributed by atoms with Crippen LogP contribution in [0.2, 0.25) is 0 Å². The molecule has 1 aromatic carbocycles. The van der Waals surface area contributed by atoms with E-state index in [1.807, 2.05) is 19.1 Å². The lowest BCUT2D eigenvalue weighted by molar-refractivity contribution is 0.0511. The molecule has 138 valence electrons. The minimum Gasteiger partial charge on any atom is -0.444 e. The molecule has 0 aromatic heterocycles. The van der Waals surface area contributed by atoms with Crippen LogP contribution in [-0.4, -0.2) is 32.8 Å². The van der Waals surface area contributed by atoms with Gasteiger partial charge in [-0.25, -0.2) is 4.79 Å². The van der Waals surface area contributed by atoms with Crippen molar-refractivity contribution < 1.29 is 22.1 Å². The Labute approximate surface area is 149 Å². The molecule has 1 aromatic rings. The molecule has 0 aliphatic heterocycles. The van der Waals surface area contributed by atoms with Crippen molar-refractivity contribution in [3.63, 3.8) is 0 Å². The second kappa shape index (κ2) is 7.58. The standard InChI is InChI=1S/C18H25NO5S/c1-13-5-9-16(10-6-13)25(21,22)23-12-14-7-8-15(11-14)19-17(20)24-18(2,3)4/h5-10,14-15H,11-12H2,1-4H3,(H,19,20)/t14-,15+/m0/s1. The Balaban J connectivity index is 1.82. The van der Waals surface area contributed by atoms with E-state index in [4.69, 9.17) is 8.92 Å². The predicted octanol–water partition coefficient (Wildman–Crippen LogP) is 3.17. The number of alkyl carbamates (subject to hydrolysis) is 1. The second-order valence-electron chi connectivity index (χ2n) is 7.19. The molecular weight excluding hydrogens is 342 g/mol. The Kier molecular flexibility index (Phi) is 5.90. The smallest absolute Gasteiger partial charge is 0.408 e. The largest absolute Gasteiger partial charge is 0.444 e. The Hall–Kier alpha value is -1.86. The monoisotopic (exact) mass is 367 g/mol. The number of benzene rings is 1. The number of rotatable bonds is 5. The zero-order valence-corrected chi connectivity index (χ0v) is 15.8. The lowest BCUT2D eigenvalue weighted by Gasteiger charge is -2.21. The fourth-order valence-corrected chi connectivity index (χ4v) is 3.37. The maximum Gasteiger partial charge on any atom is 0.408 e. The van der Waals surface area contributed by atoms with Crippen molar-refractivity contribution in [2.75, 3.05) is 6.61 Å². The first-order chi connectivity index (χ1) is 11.5. The van der Waals surface area contributed by atoms with Gasteiger partial charge in [0, 0.05) is 5.92 Å². The molecule has 2 rings (SSSR count). The summed E-state index contributed by atoms with van der Waals surface area (Å²) >= 11 is 0. The highest BCUT2D eigenvalue weighted by atomic mass is 32.2. The molecule has 0 radical (unpaired) electrons.